The standard InChI is InChI=1S/C20H22FNO3S/c1-12-17(13-5-8-15(21)9-6-13)11-18(26-12)19(23)22-16-4-2-3-14(7-10-16)20(24)25/h5-6,8-9,11,14,16H,2-4,7,10H2,1H3,(H,22,23)(H,24,25). The minimum atomic E-state index is -0.741. The number of carboxylic acids is 1. The molecule has 0 saturated heterocycles. The number of benzene rings is 1. The second kappa shape index (κ2) is 7.99. The van der Waals surface area contributed by atoms with E-state index < -0.39 is 5.97 Å². The van der Waals surface area contributed by atoms with Crippen LogP contribution in [0.2, 0.25) is 0 Å². The van der Waals surface area contributed by atoms with Gasteiger partial charge < -0.3 is 10.4 Å². The minimum absolute atomic E-state index is 0.0172. The van der Waals surface area contributed by atoms with E-state index in [4.69, 9.17) is 5.11 Å². The summed E-state index contributed by atoms with van der Waals surface area (Å²) in [4.78, 5) is 25.4. The summed E-state index contributed by atoms with van der Waals surface area (Å²) in [5, 5.41) is 12.2. The molecule has 3 rings (SSSR count). The van der Waals surface area contributed by atoms with Crippen LogP contribution in [-0.2, 0) is 4.79 Å². The number of aliphatic carboxylic acids is 1. The number of amides is 1. The van der Waals surface area contributed by atoms with Crippen LogP contribution >= 0.6 is 11.3 Å². The molecule has 2 atom stereocenters. The molecule has 1 fully saturated rings. The fourth-order valence-electron chi connectivity index (χ4n) is 3.46. The van der Waals surface area contributed by atoms with Crippen molar-refractivity contribution in [2.45, 2.75) is 45.1 Å². The van der Waals surface area contributed by atoms with Crippen molar-refractivity contribution in [2.24, 2.45) is 5.92 Å². The van der Waals surface area contributed by atoms with E-state index >= 15 is 0 Å². The number of carboxylic acid groups (broad SMARTS) is 1. The molecule has 0 spiro atoms. The summed E-state index contributed by atoms with van der Waals surface area (Å²) in [7, 11) is 0. The van der Waals surface area contributed by atoms with Crippen molar-refractivity contribution < 1.29 is 19.1 Å². The molecule has 1 aromatic heterocycles. The van der Waals surface area contributed by atoms with Crippen LogP contribution in [0, 0.1) is 18.7 Å². The maximum Gasteiger partial charge on any atom is 0.306 e. The monoisotopic (exact) mass is 375 g/mol. The summed E-state index contributed by atoms with van der Waals surface area (Å²) < 4.78 is 13.1. The second-order valence-electron chi connectivity index (χ2n) is 6.80. The summed E-state index contributed by atoms with van der Waals surface area (Å²) in [5.74, 6) is -1.45. The molecule has 26 heavy (non-hydrogen) atoms. The Labute approximate surface area is 156 Å². The normalized spacial score (nSPS) is 20.4. The minimum Gasteiger partial charge on any atom is -0.481 e. The van der Waals surface area contributed by atoms with Crippen molar-refractivity contribution >= 4 is 23.2 Å². The lowest BCUT2D eigenvalue weighted by atomic mass is 10.0. The van der Waals surface area contributed by atoms with Crippen molar-refractivity contribution in [3.63, 3.8) is 0 Å². The van der Waals surface area contributed by atoms with E-state index in [-0.39, 0.29) is 23.7 Å². The Morgan fingerprint density at radius 3 is 2.58 bits per heavy atom. The van der Waals surface area contributed by atoms with Gasteiger partial charge in [0.2, 0.25) is 0 Å². The zero-order valence-electron chi connectivity index (χ0n) is 14.6. The smallest absolute Gasteiger partial charge is 0.306 e. The number of carbonyl (C=O) groups excluding carboxylic acids is 1. The lowest BCUT2D eigenvalue weighted by Gasteiger charge is -2.15. The van der Waals surface area contributed by atoms with Gasteiger partial charge in [-0.1, -0.05) is 18.6 Å². The van der Waals surface area contributed by atoms with Gasteiger partial charge in [-0.15, -0.1) is 11.3 Å². The van der Waals surface area contributed by atoms with Gasteiger partial charge in [-0.05, 0) is 61.9 Å². The van der Waals surface area contributed by atoms with Crippen LogP contribution in [0.1, 0.15) is 46.7 Å². The number of hydrogen-bond acceptors (Lipinski definition) is 3. The number of rotatable bonds is 4. The largest absolute Gasteiger partial charge is 0.481 e. The summed E-state index contributed by atoms with van der Waals surface area (Å²) >= 11 is 1.42. The second-order valence-corrected chi connectivity index (χ2v) is 8.06. The van der Waals surface area contributed by atoms with E-state index in [1.165, 1.54) is 23.5 Å². The van der Waals surface area contributed by atoms with Gasteiger partial charge >= 0.3 is 5.97 Å². The summed E-state index contributed by atoms with van der Waals surface area (Å²) in [6.07, 6.45) is 3.59. The molecular weight excluding hydrogens is 353 g/mol. The molecule has 1 saturated carbocycles. The molecule has 2 N–H and O–H groups in total. The van der Waals surface area contributed by atoms with Crippen LogP contribution in [0.25, 0.3) is 11.1 Å². The molecule has 2 unspecified atom stereocenters. The van der Waals surface area contributed by atoms with E-state index in [9.17, 15) is 14.0 Å². The predicted molar refractivity (Wildman–Crippen MR) is 99.9 cm³/mol. The molecule has 6 heteroatoms. The molecule has 1 aromatic carbocycles. The van der Waals surface area contributed by atoms with Gasteiger partial charge in [0.05, 0.1) is 10.8 Å². The Balaban J connectivity index is 1.68. The maximum atomic E-state index is 13.1. The highest BCUT2D eigenvalue weighted by molar-refractivity contribution is 7.14. The number of nitrogens with one attached hydrogen (secondary N) is 1. The molecule has 0 aliphatic heterocycles. The van der Waals surface area contributed by atoms with Crippen molar-refractivity contribution in [1.29, 1.82) is 0 Å². The molecule has 1 aliphatic rings. The first-order valence-electron chi connectivity index (χ1n) is 8.84. The van der Waals surface area contributed by atoms with Gasteiger partial charge in [0.15, 0.2) is 0 Å². The average molecular weight is 375 g/mol. The SMILES string of the molecule is Cc1sc(C(=O)NC2CCCC(C(=O)O)CC2)cc1-c1ccc(F)cc1. The van der Waals surface area contributed by atoms with Gasteiger partial charge in [-0.2, -0.15) is 0 Å². The molecular formula is C20H22FNO3S. The highest BCUT2D eigenvalue weighted by Gasteiger charge is 2.25. The third-order valence-electron chi connectivity index (χ3n) is 4.95. The van der Waals surface area contributed by atoms with Crippen molar-refractivity contribution in [3.05, 3.63) is 45.9 Å². The van der Waals surface area contributed by atoms with Crippen molar-refractivity contribution in [3.8, 4) is 11.1 Å². The first-order valence-corrected chi connectivity index (χ1v) is 9.65. The van der Waals surface area contributed by atoms with Crippen LogP contribution in [0.5, 0.6) is 0 Å². The molecule has 138 valence electrons. The topological polar surface area (TPSA) is 66.4 Å². The number of aryl methyl sites for hydroxylation is 1. The van der Waals surface area contributed by atoms with Crippen LogP contribution in [-0.4, -0.2) is 23.0 Å². The number of thiophene rings is 1. The lowest BCUT2D eigenvalue weighted by Crippen LogP contribution is -2.34. The molecule has 1 heterocycles. The number of carbonyl (C=O) groups is 2. The molecule has 1 amide bonds. The van der Waals surface area contributed by atoms with Gasteiger partial charge in [0.25, 0.3) is 5.91 Å². The third kappa shape index (κ3) is 4.30. The van der Waals surface area contributed by atoms with Crippen LogP contribution in [0.3, 0.4) is 0 Å². The molecule has 2 aromatic rings. The summed E-state index contributed by atoms with van der Waals surface area (Å²) in [5.41, 5.74) is 1.82. The zero-order valence-corrected chi connectivity index (χ0v) is 15.4. The quantitative estimate of drug-likeness (QED) is 0.766. The Hall–Kier alpha value is -2.21. The summed E-state index contributed by atoms with van der Waals surface area (Å²) in [6, 6.07) is 8.11. The van der Waals surface area contributed by atoms with Crippen LogP contribution < -0.4 is 5.32 Å². The average Bonchev–Trinajstić information content (AvgIpc) is 2.84. The maximum absolute atomic E-state index is 13.1. The Morgan fingerprint density at radius 2 is 1.88 bits per heavy atom. The van der Waals surface area contributed by atoms with Gasteiger partial charge in [0, 0.05) is 10.9 Å². The highest BCUT2D eigenvalue weighted by Crippen LogP contribution is 2.31. The van der Waals surface area contributed by atoms with E-state index in [2.05, 4.69) is 5.32 Å². The number of halogens is 1. The highest BCUT2D eigenvalue weighted by atomic mass is 32.1. The van der Waals surface area contributed by atoms with Gasteiger partial charge in [-0.3, -0.25) is 9.59 Å². The first kappa shape index (κ1) is 18.6. The summed E-state index contributed by atoms with van der Waals surface area (Å²) in [6.45, 7) is 1.95. The van der Waals surface area contributed by atoms with Crippen LogP contribution in [0.4, 0.5) is 4.39 Å². The predicted octanol–water partition coefficient (Wildman–Crippen LogP) is 4.63. The molecule has 0 radical (unpaired) electrons. The van der Waals surface area contributed by atoms with E-state index in [1.807, 2.05) is 13.0 Å². The van der Waals surface area contributed by atoms with Crippen molar-refractivity contribution in [1.82, 2.24) is 5.32 Å². The molecule has 0 bridgehead atoms. The van der Waals surface area contributed by atoms with E-state index in [1.54, 1.807) is 12.1 Å². The van der Waals surface area contributed by atoms with E-state index in [0.29, 0.717) is 24.1 Å². The lowest BCUT2D eigenvalue weighted by molar-refractivity contribution is -0.142. The Morgan fingerprint density at radius 1 is 1.15 bits per heavy atom. The molecule has 4 nitrogen and oxygen atoms in total. The first-order chi connectivity index (χ1) is 12.4. The van der Waals surface area contributed by atoms with Crippen LogP contribution in [0.15, 0.2) is 30.3 Å². The van der Waals surface area contributed by atoms with Gasteiger partial charge in [-0.25, -0.2) is 4.39 Å². The third-order valence-corrected chi connectivity index (χ3v) is 6.00. The van der Waals surface area contributed by atoms with Crippen molar-refractivity contribution in [2.75, 3.05) is 0 Å². The zero-order chi connectivity index (χ0) is 18.7. The molecule has 1 aliphatic carbocycles. The fraction of sp³-hybridized carbons (Fsp3) is 0.400. The Kier molecular flexibility index (Phi) is 5.71. The number of hydrogen-bond donors (Lipinski definition) is 2. The Bertz CT molecular complexity index is 800. The fourth-order valence-corrected chi connectivity index (χ4v) is 4.40. The van der Waals surface area contributed by atoms with E-state index in [0.717, 1.165) is 28.8 Å². The van der Waals surface area contributed by atoms with Gasteiger partial charge in [0.1, 0.15) is 5.82 Å².